The van der Waals surface area contributed by atoms with Crippen molar-refractivity contribution in [1.82, 2.24) is 0 Å². The highest BCUT2D eigenvalue weighted by molar-refractivity contribution is 5.77. The van der Waals surface area contributed by atoms with E-state index in [-0.39, 0.29) is 11.9 Å². The predicted molar refractivity (Wildman–Crippen MR) is 65.6 cm³/mol. The molecule has 0 aromatic heterocycles. The van der Waals surface area contributed by atoms with E-state index < -0.39 is 0 Å². The van der Waals surface area contributed by atoms with E-state index in [0.29, 0.717) is 19.5 Å². The lowest BCUT2D eigenvalue weighted by molar-refractivity contribution is 0.218. The second kappa shape index (κ2) is 5.77. The van der Waals surface area contributed by atoms with Crippen molar-refractivity contribution < 1.29 is 9.13 Å². The summed E-state index contributed by atoms with van der Waals surface area (Å²) in [6.07, 6.45) is 2.44. The van der Waals surface area contributed by atoms with E-state index in [9.17, 15) is 4.39 Å². The van der Waals surface area contributed by atoms with Crippen LogP contribution in [0.1, 0.15) is 18.4 Å². The van der Waals surface area contributed by atoms with Crippen molar-refractivity contribution in [1.29, 1.82) is 0 Å². The van der Waals surface area contributed by atoms with Crippen molar-refractivity contribution in [3.05, 3.63) is 35.6 Å². The largest absolute Gasteiger partial charge is 0.475 e. The number of nitrogens with zero attached hydrogens (tertiary/aromatic N) is 1. The summed E-state index contributed by atoms with van der Waals surface area (Å²) in [5.41, 5.74) is 6.38. The van der Waals surface area contributed by atoms with E-state index in [1.54, 1.807) is 12.1 Å². The van der Waals surface area contributed by atoms with Crippen molar-refractivity contribution in [3.63, 3.8) is 0 Å². The van der Waals surface area contributed by atoms with Crippen LogP contribution in [0.15, 0.2) is 29.3 Å². The standard InChI is InChI=1S/C13H17FN2O/c14-11-4-1-3-10(7-11)8-12-9-16-13(17-12)5-2-6-15/h1,3-4,7,12H,2,5-6,8-9,15H2. The van der Waals surface area contributed by atoms with Gasteiger partial charge in [0.25, 0.3) is 0 Å². The third kappa shape index (κ3) is 3.53. The molecule has 0 fully saturated rings. The van der Waals surface area contributed by atoms with Crippen molar-refractivity contribution >= 4 is 5.90 Å². The van der Waals surface area contributed by atoms with Crippen LogP contribution in [0.4, 0.5) is 4.39 Å². The van der Waals surface area contributed by atoms with Crippen LogP contribution < -0.4 is 5.73 Å². The fourth-order valence-electron chi connectivity index (χ4n) is 1.89. The van der Waals surface area contributed by atoms with Gasteiger partial charge in [0.2, 0.25) is 0 Å². The van der Waals surface area contributed by atoms with Crippen molar-refractivity contribution in [3.8, 4) is 0 Å². The predicted octanol–water partition coefficient (Wildman–Crippen LogP) is 1.90. The molecule has 92 valence electrons. The minimum absolute atomic E-state index is 0.0459. The highest BCUT2D eigenvalue weighted by Crippen LogP contribution is 2.14. The van der Waals surface area contributed by atoms with E-state index >= 15 is 0 Å². The minimum Gasteiger partial charge on any atom is -0.475 e. The Bertz CT molecular complexity index is 406. The van der Waals surface area contributed by atoms with Crippen LogP contribution in [0, 0.1) is 5.82 Å². The Morgan fingerprint density at radius 3 is 3.12 bits per heavy atom. The van der Waals surface area contributed by atoms with Gasteiger partial charge in [-0.05, 0) is 30.7 Å². The fourth-order valence-corrected chi connectivity index (χ4v) is 1.89. The van der Waals surface area contributed by atoms with Gasteiger partial charge in [-0.3, -0.25) is 4.99 Å². The Balaban J connectivity index is 1.83. The lowest BCUT2D eigenvalue weighted by Crippen LogP contribution is -2.16. The van der Waals surface area contributed by atoms with Gasteiger partial charge in [0.15, 0.2) is 5.90 Å². The molecule has 4 heteroatoms. The average Bonchev–Trinajstić information content (AvgIpc) is 2.74. The van der Waals surface area contributed by atoms with Crippen molar-refractivity contribution in [2.24, 2.45) is 10.7 Å². The summed E-state index contributed by atoms with van der Waals surface area (Å²) in [5, 5.41) is 0. The molecule has 2 rings (SSSR count). The second-order valence-electron chi connectivity index (χ2n) is 4.20. The van der Waals surface area contributed by atoms with Crippen LogP contribution in [0.25, 0.3) is 0 Å². The third-order valence-corrected chi connectivity index (χ3v) is 2.72. The molecule has 17 heavy (non-hydrogen) atoms. The molecule has 1 aromatic carbocycles. The SMILES string of the molecule is NCCCC1=NCC(Cc2cccc(F)c2)O1. The summed E-state index contributed by atoms with van der Waals surface area (Å²) in [7, 11) is 0. The minimum atomic E-state index is -0.204. The molecule has 1 aliphatic rings. The molecule has 1 aliphatic heterocycles. The topological polar surface area (TPSA) is 47.6 Å². The molecule has 1 unspecified atom stereocenters. The Morgan fingerprint density at radius 2 is 2.35 bits per heavy atom. The summed E-state index contributed by atoms with van der Waals surface area (Å²) in [5.74, 6) is 0.585. The number of rotatable bonds is 5. The normalized spacial score (nSPS) is 18.9. The van der Waals surface area contributed by atoms with Crippen LogP contribution in [-0.4, -0.2) is 25.1 Å². The molecule has 0 aliphatic carbocycles. The number of nitrogens with two attached hydrogens (primary N) is 1. The Morgan fingerprint density at radius 1 is 1.47 bits per heavy atom. The van der Waals surface area contributed by atoms with Gasteiger partial charge in [0.1, 0.15) is 11.9 Å². The number of aliphatic imine (C=N–C) groups is 1. The summed E-state index contributed by atoms with van der Waals surface area (Å²) in [6.45, 7) is 1.31. The molecule has 0 saturated heterocycles. The zero-order valence-corrected chi connectivity index (χ0v) is 9.73. The Labute approximate surface area is 100 Å². The van der Waals surface area contributed by atoms with Gasteiger partial charge in [-0.1, -0.05) is 12.1 Å². The number of ether oxygens (including phenoxy) is 1. The molecule has 0 saturated carbocycles. The maximum Gasteiger partial charge on any atom is 0.183 e. The highest BCUT2D eigenvalue weighted by atomic mass is 19.1. The van der Waals surface area contributed by atoms with E-state index in [1.165, 1.54) is 6.07 Å². The Kier molecular flexibility index (Phi) is 4.09. The van der Waals surface area contributed by atoms with E-state index in [2.05, 4.69) is 4.99 Å². The van der Waals surface area contributed by atoms with Gasteiger partial charge in [-0.25, -0.2) is 4.39 Å². The van der Waals surface area contributed by atoms with Gasteiger partial charge in [-0.2, -0.15) is 0 Å². The zero-order chi connectivity index (χ0) is 12.1. The van der Waals surface area contributed by atoms with Gasteiger partial charge < -0.3 is 10.5 Å². The molecule has 0 spiro atoms. The molecule has 3 nitrogen and oxygen atoms in total. The Hall–Kier alpha value is -1.42. The molecular weight excluding hydrogens is 219 g/mol. The monoisotopic (exact) mass is 236 g/mol. The van der Waals surface area contributed by atoms with E-state index in [0.717, 1.165) is 24.3 Å². The van der Waals surface area contributed by atoms with Gasteiger partial charge >= 0.3 is 0 Å². The maximum atomic E-state index is 13.0. The average molecular weight is 236 g/mol. The highest BCUT2D eigenvalue weighted by Gasteiger charge is 2.19. The molecule has 2 N–H and O–H groups in total. The zero-order valence-electron chi connectivity index (χ0n) is 9.73. The number of halogens is 1. The lowest BCUT2D eigenvalue weighted by Gasteiger charge is -2.11. The quantitative estimate of drug-likeness (QED) is 0.848. The lowest BCUT2D eigenvalue weighted by atomic mass is 10.1. The third-order valence-electron chi connectivity index (χ3n) is 2.72. The molecule has 1 heterocycles. The maximum absolute atomic E-state index is 13.0. The number of hydrogen-bond donors (Lipinski definition) is 1. The second-order valence-corrected chi connectivity index (χ2v) is 4.20. The van der Waals surface area contributed by atoms with Gasteiger partial charge in [-0.15, -0.1) is 0 Å². The summed E-state index contributed by atoms with van der Waals surface area (Å²) < 4.78 is 18.7. The van der Waals surface area contributed by atoms with Crippen molar-refractivity contribution in [2.75, 3.05) is 13.1 Å². The molecule has 1 atom stereocenters. The first-order chi connectivity index (χ1) is 8.28. The van der Waals surface area contributed by atoms with Crippen molar-refractivity contribution in [2.45, 2.75) is 25.4 Å². The first kappa shape index (κ1) is 12.0. The fraction of sp³-hybridized carbons (Fsp3) is 0.462. The smallest absolute Gasteiger partial charge is 0.183 e. The van der Waals surface area contributed by atoms with Gasteiger partial charge in [0, 0.05) is 12.8 Å². The summed E-state index contributed by atoms with van der Waals surface area (Å²) in [6, 6.07) is 6.61. The van der Waals surface area contributed by atoms with Gasteiger partial charge in [0.05, 0.1) is 6.54 Å². The molecular formula is C13H17FN2O. The molecule has 0 bridgehead atoms. The number of hydrogen-bond acceptors (Lipinski definition) is 3. The van der Waals surface area contributed by atoms with Crippen LogP contribution in [0.3, 0.4) is 0 Å². The number of benzene rings is 1. The van der Waals surface area contributed by atoms with E-state index in [1.807, 2.05) is 6.07 Å². The van der Waals surface area contributed by atoms with Crippen LogP contribution in [-0.2, 0) is 11.2 Å². The first-order valence-electron chi connectivity index (χ1n) is 5.92. The molecule has 0 radical (unpaired) electrons. The first-order valence-corrected chi connectivity index (χ1v) is 5.92. The summed E-state index contributed by atoms with van der Waals surface area (Å²) >= 11 is 0. The van der Waals surface area contributed by atoms with E-state index in [4.69, 9.17) is 10.5 Å². The summed E-state index contributed by atoms with van der Waals surface area (Å²) in [4.78, 5) is 4.32. The molecule has 0 amide bonds. The van der Waals surface area contributed by atoms with Crippen LogP contribution in [0.5, 0.6) is 0 Å². The van der Waals surface area contributed by atoms with Crippen LogP contribution >= 0.6 is 0 Å². The molecule has 1 aromatic rings. The van der Waals surface area contributed by atoms with Crippen LogP contribution in [0.2, 0.25) is 0 Å².